The summed E-state index contributed by atoms with van der Waals surface area (Å²) in [6.45, 7) is 3.17. The van der Waals surface area contributed by atoms with Crippen LogP contribution in [0.5, 0.6) is 17.4 Å². The van der Waals surface area contributed by atoms with Gasteiger partial charge in [-0.2, -0.15) is 0 Å². The average Bonchev–Trinajstić information content (AvgIpc) is 3.18. The van der Waals surface area contributed by atoms with E-state index in [1.807, 2.05) is 6.92 Å². The summed E-state index contributed by atoms with van der Waals surface area (Å²) in [5.41, 5.74) is 1.04. The molecule has 0 radical (unpaired) electrons. The van der Waals surface area contributed by atoms with Gasteiger partial charge in [-0.15, -0.1) is 0 Å². The van der Waals surface area contributed by atoms with Crippen molar-refractivity contribution in [2.24, 2.45) is 4.99 Å². The fourth-order valence-corrected chi connectivity index (χ4v) is 2.58. The van der Waals surface area contributed by atoms with Crippen LogP contribution in [0.25, 0.3) is 11.0 Å². The molecular weight excluding hydrogens is 337 g/mol. The first-order valence-electron chi connectivity index (χ1n) is 8.21. The third-order valence-electron chi connectivity index (χ3n) is 3.80. The lowest BCUT2D eigenvalue weighted by atomic mass is 10.3. The monoisotopic (exact) mass is 353 g/mol. The summed E-state index contributed by atoms with van der Waals surface area (Å²) in [5, 5.41) is 0. The minimum atomic E-state index is -0.348. The van der Waals surface area contributed by atoms with E-state index >= 15 is 0 Å². The number of benzene rings is 2. The van der Waals surface area contributed by atoms with Crippen molar-refractivity contribution in [2.45, 2.75) is 13.0 Å². The number of ether oxygens (including phenoxy) is 3. The third kappa shape index (κ3) is 3.56. The van der Waals surface area contributed by atoms with Gasteiger partial charge in [0, 0.05) is 6.07 Å². The minimum Gasteiger partial charge on any atom is -0.481 e. The second kappa shape index (κ2) is 6.95. The summed E-state index contributed by atoms with van der Waals surface area (Å²) in [6, 6.07) is 11.4. The number of aromatic nitrogens is 2. The summed E-state index contributed by atoms with van der Waals surface area (Å²) in [6.07, 6.45) is 1.22. The van der Waals surface area contributed by atoms with Gasteiger partial charge in [-0.05, 0) is 43.3 Å². The van der Waals surface area contributed by atoms with E-state index in [2.05, 4.69) is 15.0 Å². The van der Waals surface area contributed by atoms with E-state index in [9.17, 15) is 4.39 Å². The van der Waals surface area contributed by atoms with Crippen molar-refractivity contribution in [3.8, 4) is 17.4 Å². The Morgan fingerprint density at radius 1 is 1.08 bits per heavy atom. The molecule has 132 valence electrons. The molecule has 1 aromatic heterocycles. The van der Waals surface area contributed by atoms with Crippen LogP contribution in [0.3, 0.4) is 0 Å². The van der Waals surface area contributed by atoms with Crippen LogP contribution in [0.15, 0.2) is 53.7 Å². The molecule has 0 saturated carbocycles. The number of rotatable bonds is 5. The molecule has 1 unspecified atom stereocenters. The molecule has 0 spiro atoms. The van der Waals surface area contributed by atoms with Gasteiger partial charge in [0.15, 0.2) is 6.10 Å². The Morgan fingerprint density at radius 2 is 1.88 bits per heavy atom. The zero-order chi connectivity index (χ0) is 17.9. The van der Waals surface area contributed by atoms with Crippen molar-refractivity contribution < 1.29 is 18.6 Å². The Hall–Kier alpha value is -3.22. The zero-order valence-corrected chi connectivity index (χ0v) is 14.1. The van der Waals surface area contributed by atoms with Crippen molar-refractivity contribution >= 4 is 16.9 Å². The van der Waals surface area contributed by atoms with Gasteiger partial charge in [-0.25, -0.2) is 19.4 Å². The number of hydrogen-bond donors (Lipinski definition) is 0. The molecule has 0 amide bonds. The molecule has 0 N–H and O–H groups in total. The van der Waals surface area contributed by atoms with Crippen molar-refractivity contribution in [1.29, 1.82) is 0 Å². The molecule has 7 heteroatoms. The topological polar surface area (TPSA) is 65.8 Å². The van der Waals surface area contributed by atoms with Gasteiger partial charge >= 0.3 is 0 Å². The van der Waals surface area contributed by atoms with Gasteiger partial charge in [0.25, 0.3) is 0 Å². The normalized spacial score (nSPS) is 14.6. The second-order valence-corrected chi connectivity index (χ2v) is 5.74. The zero-order valence-electron chi connectivity index (χ0n) is 14.1. The SMILES string of the molecule is CC(Oc1ccc(Oc2cnc3cc(F)ccc3n2)cc1)C1=NCCO1. The van der Waals surface area contributed by atoms with Gasteiger partial charge in [0.05, 0.1) is 23.8 Å². The third-order valence-corrected chi connectivity index (χ3v) is 3.80. The van der Waals surface area contributed by atoms with Crippen molar-refractivity contribution in [3.63, 3.8) is 0 Å². The molecule has 26 heavy (non-hydrogen) atoms. The number of hydrogen-bond acceptors (Lipinski definition) is 6. The molecule has 1 atom stereocenters. The maximum atomic E-state index is 13.2. The largest absolute Gasteiger partial charge is 0.481 e. The fourth-order valence-electron chi connectivity index (χ4n) is 2.58. The van der Waals surface area contributed by atoms with E-state index in [1.54, 1.807) is 30.3 Å². The summed E-state index contributed by atoms with van der Waals surface area (Å²) in [5.74, 6) is 1.88. The van der Waals surface area contributed by atoms with E-state index in [0.29, 0.717) is 47.5 Å². The second-order valence-electron chi connectivity index (χ2n) is 5.74. The van der Waals surface area contributed by atoms with E-state index in [-0.39, 0.29) is 11.9 Å². The van der Waals surface area contributed by atoms with Crippen LogP contribution in [0.1, 0.15) is 6.92 Å². The number of nitrogens with zero attached hydrogens (tertiary/aromatic N) is 3. The summed E-state index contributed by atoms with van der Waals surface area (Å²) < 4.78 is 30.1. The van der Waals surface area contributed by atoms with Crippen molar-refractivity contribution in [3.05, 3.63) is 54.5 Å². The quantitative estimate of drug-likeness (QED) is 0.699. The molecule has 0 saturated heterocycles. The van der Waals surface area contributed by atoms with E-state index in [1.165, 1.54) is 18.3 Å². The van der Waals surface area contributed by atoms with Crippen LogP contribution in [0.2, 0.25) is 0 Å². The van der Waals surface area contributed by atoms with Crippen LogP contribution in [0.4, 0.5) is 4.39 Å². The lowest BCUT2D eigenvalue weighted by Crippen LogP contribution is -2.23. The minimum absolute atomic E-state index is 0.240. The number of halogens is 1. The predicted molar refractivity (Wildman–Crippen MR) is 94.4 cm³/mol. The van der Waals surface area contributed by atoms with Crippen LogP contribution < -0.4 is 9.47 Å². The van der Waals surface area contributed by atoms with Gasteiger partial charge in [-0.1, -0.05) is 0 Å². The van der Waals surface area contributed by atoms with Gasteiger partial charge in [0.1, 0.15) is 23.9 Å². The highest BCUT2D eigenvalue weighted by Crippen LogP contribution is 2.24. The Balaban J connectivity index is 1.44. The predicted octanol–water partition coefficient (Wildman–Crippen LogP) is 3.76. The first-order chi connectivity index (χ1) is 12.7. The standard InChI is InChI=1S/C19H16FN3O3/c1-12(19-21-8-9-24-19)25-14-3-5-15(6-4-14)26-18-11-22-17-10-13(20)2-7-16(17)23-18/h2-7,10-12H,8-9H2,1H3. The first kappa shape index (κ1) is 16.3. The number of fused-ring (bicyclic) bond motifs is 1. The van der Waals surface area contributed by atoms with Crippen LogP contribution >= 0.6 is 0 Å². The van der Waals surface area contributed by atoms with E-state index in [4.69, 9.17) is 14.2 Å². The van der Waals surface area contributed by atoms with Crippen LogP contribution in [-0.4, -0.2) is 35.1 Å². The van der Waals surface area contributed by atoms with Crippen molar-refractivity contribution in [2.75, 3.05) is 13.2 Å². The Labute approximate surface area is 149 Å². The molecule has 0 bridgehead atoms. The van der Waals surface area contributed by atoms with Gasteiger partial charge in [0.2, 0.25) is 11.8 Å². The molecule has 1 aliphatic heterocycles. The van der Waals surface area contributed by atoms with E-state index in [0.717, 1.165) is 0 Å². The molecule has 2 heterocycles. The van der Waals surface area contributed by atoms with E-state index < -0.39 is 0 Å². The first-order valence-corrected chi connectivity index (χ1v) is 8.21. The lowest BCUT2D eigenvalue weighted by molar-refractivity contribution is 0.234. The Kier molecular flexibility index (Phi) is 4.35. The van der Waals surface area contributed by atoms with Crippen LogP contribution in [-0.2, 0) is 4.74 Å². The maximum Gasteiger partial charge on any atom is 0.238 e. The molecule has 1 aliphatic rings. The fraction of sp³-hybridized carbons (Fsp3) is 0.211. The summed E-state index contributed by atoms with van der Waals surface area (Å²) in [7, 11) is 0. The molecule has 0 aliphatic carbocycles. The Bertz CT molecular complexity index is 960. The van der Waals surface area contributed by atoms with Gasteiger partial charge in [-0.3, -0.25) is 0 Å². The average molecular weight is 353 g/mol. The van der Waals surface area contributed by atoms with Crippen LogP contribution in [0, 0.1) is 5.82 Å². The molecular formula is C19H16FN3O3. The van der Waals surface area contributed by atoms with Crippen molar-refractivity contribution in [1.82, 2.24) is 9.97 Å². The number of aliphatic imine (C=N–C) groups is 1. The smallest absolute Gasteiger partial charge is 0.238 e. The molecule has 0 fully saturated rings. The molecule has 2 aromatic carbocycles. The summed E-state index contributed by atoms with van der Waals surface area (Å²) in [4.78, 5) is 12.7. The molecule has 3 aromatic rings. The lowest BCUT2D eigenvalue weighted by Gasteiger charge is -2.14. The highest BCUT2D eigenvalue weighted by atomic mass is 19.1. The summed E-state index contributed by atoms with van der Waals surface area (Å²) >= 11 is 0. The Morgan fingerprint density at radius 3 is 2.65 bits per heavy atom. The molecule has 6 nitrogen and oxygen atoms in total. The highest BCUT2D eigenvalue weighted by Gasteiger charge is 2.17. The highest BCUT2D eigenvalue weighted by molar-refractivity contribution is 5.81. The molecule has 4 rings (SSSR count). The van der Waals surface area contributed by atoms with Gasteiger partial charge < -0.3 is 14.2 Å². The maximum absolute atomic E-state index is 13.2.